The van der Waals surface area contributed by atoms with Crippen LogP contribution in [0.5, 0.6) is 0 Å². The third-order valence-electron chi connectivity index (χ3n) is 9.09. The van der Waals surface area contributed by atoms with E-state index in [0.29, 0.717) is 39.3 Å². The van der Waals surface area contributed by atoms with Gasteiger partial charge in [-0.2, -0.15) is 0 Å². The highest BCUT2D eigenvalue weighted by Gasteiger charge is 2.71. The fourth-order valence-corrected chi connectivity index (χ4v) is 9.06. The van der Waals surface area contributed by atoms with Crippen LogP contribution in [0.2, 0.25) is 0 Å². The summed E-state index contributed by atoms with van der Waals surface area (Å²) in [6, 6.07) is 8.38. The zero-order valence-electron chi connectivity index (χ0n) is 22.9. The first kappa shape index (κ1) is 27.5. The number of fused-ring (bicyclic) bond motifs is 2. The molecule has 1 spiro atoms. The first-order valence-corrected chi connectivity index (χ1v) is 15.2. The van der Waals surface area contributed by atoms with Crippen molar-refractivity contribution in [3.05, 3.63) is 60.2 Å². The number of carbonyl (C=O) groups is 3. The zero-order chi connectivity index (χ0) is 27.9. The maximum atomic E-state index is 14.5. The monoisotopic (exact) mass is 566 g/mol. The van der Waals surface area contributed by atoms with Crippen LogP contribution in [0.25, 0.3) is 0 Å². The number of benzene rings is 1. The number of hydrogen-bond acceptors (Lipinski definition) is 7. The molecule has 9 nitrogen and oxygen atoms in total. The van der Waals surface area contributed by atoms with E-state index in [1.807, 2.05) is 59.5 Å². The molecule has 0 radical (unpaired) electrons. The molecule has 40 heavy (non-hydrogen) atoms. The van der Waals surface area contributed by atoms with E-state index in [4.69, 9.17) is 4.74 Å². The van der Waals surface area contributed by atoms with E-state index in [2.05, 4.69) is 4.90 Å². The van der Waals surface area contributed by atoms with E-state index in [1.165, 1.54) is 0 Å². The van der Waals surface area contributed by atoms with Gasteiger partial charge in [0.1, 0.15) is 6.04 Å². The molecule has 3 fully saturated rings. The lowest BCUT2D eigenvalue weighted by Crippen LogP contribution is -2.57. The standard InChI is InChI=1S/C30H38N4O5S/c1-31-11-5-9-23-24(27(31)36)25-28(37)34(22(20-35)19-21-7-3-2-4-8-21)26-29(38)33(12-6-10-30(25,26)40-23)14-13-32-15-17-39-18-16-32/h2-10,22-26,35H,11-20H2,1H3/t22-,23-,24+,25+,26?,30+/m1/s1. The molecule has 5 aliphatic rings. The predicted molar refractivity (Wildman–Crippen MR) is 152 cm³/mol. The zero-order valence-corrected chi connectivity index (χ0v) is 23.7. The molecule has 3 saturated heterocycles. The first-order chi connectivity index (χ1) is 19.4. The average molecular weight is 567 g/mol. The first-order valence-electron chi connectivity index (χ1n) is 14.3. The van der Waals surface area contributed by atoms with Gasteiger partial charge in [0.15, 0.2) is 0 Å². The number of likely N-dealkylation sites (tertiary alicyclic amines) is 1. The smallest absolute Gasteiger partial charge is 0.247 e. The highest BCUT2D eigenvalue weighted by molar-refractivity contribution is 8.02. The van der Waals surface area contributed by atoms with Crippen molar-refractivity contribution in [1.29, 1.82) is 0 Å². The van der Waals surface area contributed by atoms with Gasteiger partial charge in [0, 0.05) is 51.6 Å². The maximum Gasteiger partial charge on any atom is 0.247 e. The number of aliphatic hydroxyl groups is 1. The van der Waals surface area contributed by atoms with Crippen molar-refractivity contribution in [1.82, 2.24) is 19.6 Å². The third kappa shape index (κ3) is 4.68. The second-order valence-electron chi connectivity index (χ2n) is 11.4. The van der Waals surface area contributed by atoms with Gasteiger partial charge in [0.05, 0.1) is 42.4 Å². The molecule has 0 aliphatic carbocycles. The highest BCUT2D eigenvalue weighted by atomic mass is 32.2. The Morgan fingerprint density at radius 3 is 2.55 bits per heavy atom. The molecule has 3 amide bonds. The SMILES string of the molecule is CN1CC=C[C@H]2S[C@]34C=CCN(CCN5CCOCC5)C(=O)C3N([C@@H](CO)Cc3ccccc3)C(=O)[C@@H]4[C@H]2C1=O. The molecular formula is C30H38N4O5S. The van der Waals surface area contributed by atoms with E-state index in [-0.39, 0.29) is 29.6 Å². The van der Waals surface area contributed by atoms with Gasteiger partial charge >= 0.3 is 0 Å². The van der Waals surface area contributed by atoms with Crippen LogP contribution in [0.15, 0.2) is 54.6 Å². The Hall–Kier alpha value is -2.66. The largest absolute Gasteiger partial charge is 0.394 e. The number of hydrogen-bond donors (Lipinski definition) is 1. The highest BCUT2D eigenvalue weighted by Crippen LogP contribution is 2.61. The predicted octanol–water partition coefficient (Wildman–Crippen LogP) is 0.646. The molecule has 1 aromatic carbocycles. The lowest BCUT2D eigenvalue weighted by molar-refractivity contribution is -0.146. The molecule has 214 valence electrons. The molecule has 0 aromatic heterocycles. The molecule has 0 saturated carbocycles. The van der Waals surface area contributed by atoms with E-state index in [0.717, 1.165) is 25.2 Å². The van der Waals surface area contributed by atoms with Crippen LogP contribution in [0, 0.1) is 11.8 Å². The van der Waals surface area contributed by atoms with Crippen LogP contribution < -0.4 is 0 Å². The average Bonchev–Trinajstić information content (AvgIpc) is 3.31. The van der Waals surface area contributed by atoms with Gasteiger partial charge in [-0.3, -0.25) is 19.3 Å². The molecular weight excluding hydrogens is 528 g/mol. The van der Waals surface area contributed by atoms with Crippen molar-refractivity contribution in [2.24, 2.45) is 11.8 Å². The Labute approximate surface area is 239 Å². The Morgan fingerprint density at radius 1 is 1.02 bits per heavy atom. The van der Waals surface area contributed by atoms with E-state index < -0.39 is 28.7 Å². The lowest BCUT2D eigenvalue weighted by atomic mass is 9.78. The van der Waals surface area contributed by atoms with Gasteiger partial charge in [0.25, 0.3) is 0 Å². The van der Waals surface area contributed by atoms with Crippen molar-refractivity contribution in [2.45, 2.75) is 28.5 Å². The van der Waals surface area contributed by atoms with E-state index in [9.17, 15) is 19.5 Å². The topological polar surface area (TPSA) is 93.6 Å². The summed E-state index contributed by atoms with van der Waals surface area (Å²) in [4.78, 5) is 50.2. The molecule has 5 aliphatic heterocycles. The van der Waals surface area contributed by atoms with Crippen LogP contribution in [0.1, 0.15) is 5.56 Å². The number of likely N-dealkylation sites (N-methyl/N-ethyl adjacent to an activating group) is 1. The Morgan fingerprint density at radius 2 is 1.80 bits per heavy atom. The van der Waals surface area contributed by atoms with Gasteiger partial charge < -0.3 is 24.5 Å². The molecule has 5 heterocycles. The summed E-state index contributed by atoms with van der Waals surface area (Å²) >= 11 is 1.58. The molecule has 6 rings (SSSR count). The summed E-state index contributed by atoms with van der Waals surface area (Å²) in [6.45, 7) is 5.03. The van der Waals surface area contributed by atoms with E-state index in [1.54, 1.807) is 28.6 Å². The minimum atomic E-state index is -0.875. The van der Waals surface area contributed by atoms with Crippen LogP contribution in [-0.2, 0) is 25.5 Å². The van der Waals surface area contributed by atoms with Gasteiger partial charge in [-0.25, -0.2) is 0 Å². The number of rotatable bonds is 7. The van der Waals surface area contributed by atoms with Gasteiger partial charge in [-0.15, -0.1) is 11.8 Å². The fourth-order valence-electron chi connectivity index (χ4n) is 7.07. The molecule has 6 atom stereocenters. The summed E-state index contributed by atoms with van der Waals surface area (Å²) in [5.41, 5.74) is 0.986. The molecule has 10 heteroatoms. The van der Waals surface area contributed by atoms with Crippen LogP contribution >= 0.6 is 11.8 Å². The minimum absolute atomic E-state index is 0.0591. The van der Waals surface area contributed by atoms with Gasteiger partial charge in [-0.1, -0.05) is 54.6 Å². The Kier molecular flexibility index (Phi) is 7.78. The summed E-state index contributed by atoms with van der Waals surface area (Å²) in [5, 5.41) is 10.5. The third-order valence-corrected chi connectivity index (χ3v) is 10.8. The number of ether oxygens (including phenoxy) is 1. The Bertz CT molecular complexity index is 1190. The lowest BCUT2D eigenvalue weighted by Gasteiger charge is -2.39. The van der Waals surface area contributed by atoms with Crippen LogP contribution in [-0.4, -0.2) is 131 Å². The molecule has 0 bridgehead atoms. The fraction of sp³-hybridized carbons (Fsp3) is 0.567. The van der Waals surface area contributed by atoms with E-state index >= 15 is 0 Å². The van der Waals surface area contributed by atoms with Gasteiger partial charge in [-0.05, 0) is 12.0 Å². The molecule has 1 aromatic rings. The minimum Gasteiger partial charge on any atom is -0.394 e. The van der Waals surface area contributed by atoms with Crippen molar-refractivity contribution < 1.29 is 24.2 Å². The maximum absolute atomic E-state index is 14.5. The Balaban J connectivity index is 1.37. The summed E-state index contributed by atoms with van der Waals surface area (Å²) in [5.74, 6) is -1.59. The molecule has 1 N–H and O–H groups in total. The summed E-state index contributed by atoms with van der Waals surface area (Å²) in [7, 11) is 1.77. The number of morpholine rings is 1. The van der Waals surface area contributed by atoms with Crippen molar-refractivity contribution >= 4 is 29.5 Å². The van der Waals surface area contributed by atoms with Crippen molar-refractivity contribution in [2.75, 3.05) is 66.1 Å². The van der Waals surface area contributed by atoms with Gasteiger partial charge in [0.2, 0.25) is 17.7 Å². The normalized spacial score (nSPS) is 33.0. The second kappa shape index (κ2) is 11.3. The summed E-state index contributed by atoms with van der Waals surface area (Å²) < 4.78 is 4.60. The number of amides is 3. The number of carbonyl (C=O) groups excluding carboxylic acids is 3. The second-order valence-corrected chi connectivity index (χ2v) is 12.9. The molecule has 1 unspecified atom stereocenters. The summed E-state index contributed by atoms with van der Waals surface area (Å²) in [6.07, 6.45) is 8.53. The van der Waals surface area contributed by atoms with Crippen molar-refractivity contribution in [3.8, 4) is 0 Å². The number of aliphatic hydroxyl groups excluding tert-OH is 1. The quantitative estimate of drug-likeness (QED) is 0.485. The number of thioether (sulfide) groups is 1. The van der Waals surface area contributed by atoms with Crippen molar-refractivity contribution in [3.63, 3.8) is 0 Å². The number of nitrogens with zero attached hydrogens (tertiary/aromatic N) is 4. The van der Waals surface area contributed by atoms with Crippen LogP contribution in [0.3, 0.4) is 0 Å². The van der Waals surface area contributed by atoms with Crippen LogP contribution in [0.4, 0.5) is 0 Å².